The zero-order valence-corrected chi connectivity index (χ0v) is 12.3. The average Bonchev–Trinajstić information content (AvgIpc) is 2.95. The molecule has 4 nitrogen and oxygen atoms in total. The highest BCUT2D eigenvalue weighted by Crippen LogP contribution is 2.19. The summed E-state index contributed by atoms with van der Waals surface area (Å²) >= 11 is 1.69. The smallest absolute Gasteiger partial charge is 0.226 e. The maximum Gasteiger partial charge on any atom is 0.226 e. The number of benzene rings is 1. The molecule has 6 heteroatoms. The van der Waals surface area contributed by atoms with Gasteiger partial charge in [0.1, 0.15) is 5.82 Å². The van der Waals surface area contributed by atoms with E-state index in [0.29, 0.717) is 18.9 Å². The number of nitrogens with two attached hydrogens (primary N) is 1. The largest absolute Gasteiger partial charge is 0.397 e. The fraction of sp³-hybridized carbons (Fsp3) is 0.267. The third-order valence-electron chi connectivity index (χ3n) is 2.83. The van der Waals surface area contributed by atoms with Gasteiger partial charge in [0.15, 0.2) is 0 Å². The number of nitrogens with one attached hydrogen (secondary N) is 1. The second-order valence-electron chi connectivity index (χ2n) is 4.47. The fourth-order valence-corrected chi connectivity index (χ4v) is 2.44. The maximum absolute atomic E-state index is 12.9. The predicted octanol–water partition coefficient (Wildman–Crippen LogP) is 3.06. The molecular formula is C15H17FN2O2S. The van der Waals surface area contributed by atoms with Crippen molar-refractivity contribution in [2.45, 2.75) is 12.8 Å². The van der Waals surface area contributed by atoms with Crippen LogP contribution in [0.25, 0.3) is 0 Å². The summed E-state index contributed by atoms with van der Waals surface area (Å²) in [7, 11) is 0. The molecule has 0 aliphatic carbocycles. The van der Waals surface area contributed by atoms with Crippen molar-refractivity contribution in [3.05, 3.63) is 46.4 Å². The number of rotatable bonds is 7. The highest BCUT2D eigenvalue weighted by Gasteiger charge is 2.06. The van der Waals surface area contributed by atoms with Gasteiger partial charge in [-0.3, -0.25) is 4.79 Å². The number of nitrogen functional groups attached to an aromatic ring is 1. The van der Waals surface area contributed by atoms with Crippen molar-refractivity contribution in [1.82, 2.24) is 0 Å². The van der Waals surface area contributed by atoms with E-state index < -0.39 is 5.82 Å². The van der Waals surface area contributed by atoms with Crippen LogP contribution in [0.2, 0.25) is 0 Å². The van der Waals surface area contributed by atoms with Gasteiger partial charge in [0.25, 0.3) is 0 Å². The van der Waals surface area contributed by atoms with Crippen LogP contribution in [0.1, 0.15) is 11.3 Å². The van der Waals surface area contributed by atoms with E-state index in [1.54, 1.807) is 11.3 Å². The van der Waals surface area contributed by atoms with Crippen molar-refractivity contribution >= 4 is 28.6 Å². The molecule has 0 saturated heterocycles. The molecule has 0 spiro atoms. The SMILES string of the molecule is Nc1cc(F)ccc1NC(=O)CCOCCc1cccs1. The second-order valence-corrected chi connectivity index (χ2v) is 5.50. The van der Waals surface area contributed by atoms with E-state index in [2.05, 4.69) is 11.4 Å². The number of hydrogen-bond donors (Lipinski definition) is 2. The topological polar surface area (TPSA) is 64.3 Å². The standard InChI is InChI=1S/C15H17FN2O2S/c16-11-3-4-14(13(17)10-11)18-15(19)6-8-20-7-5-12-2-1-9-21-12/h1-4,9-10H,5-8,17H2,(H,18,19). The number of hydrogen-bond acceptors (Lipinski definition) is 4. The van der Waals surface area contributed by atoms with Crippen LogP contribution in [0.5, 0.6) is 0 Å². The van der Waals surface area contributed by atoms with Gasteiger partial charge in [0.05, 0.1) is 31.0 Å². The Morgan fingerprint density at radius 2 is 2.19 bits per heavy atom. The van der Waals surface area contributed by atoms with Crippen LogP contribution < -0.4 is 11.1 Å². The number of halogens is 1. The Labute approximate surface area is 126 Å². The Bertz CT molecular complexity index is 587. The van der Waals surface area contributed by atoms with E-state index in [-0.39, 0.29) is 18.0 Å². The first kappa shape index (κ1) is 15.5. The zero-order chi connectivity index (χ0) is 15.1. The van der Waals surface area contributed by atoms with Gasteiger partial charge in [-0.05, 0) is 29.6 Å². The minimum atomic E-state index is -0.428. The molecule has 0 fully saturated rings. The van der Waals surface area contributed by atoms with Crippen molar-refractivity contribution in [1.29, 1.82) is 0 Å². The number of amides is 1. The van der Waals surface area contributed by atoms with Crippen LogP contribution >= 0.6 is 11.3 Å². The van der Waals surface area contributed by atoms with Crippen molar-refractivity contribution in [2.75, 3.05) is 24.3 Å². The van der Waals surface area contributed by atoms with Gasteiger partial charge in [0.2, 0.25) is 5.91 Å². The Morgan fingerprint density at radius 1 is 1.33 bits per heavy atom. The van der Waals surface area contributed by atoms with Gasteiger partial charge < -0.3 is 15.8 Å². The average molecular weight is 308 g/mol. The van der Waals surface area contributed by atoms with Crippen molar-refractivity contribution in [3.8, 4) is 0 Å². The highest BCUT2D eigenvalue weighted by atomic mass is 32.1. The molecule has 1 aromatic heterocycles. The molecule has 1 amide bonds. The molecule has 0 aliphatic rings. The second kappa shape index (κ2) is 7.75. The first-order chi connectivity index (χ1) is 10.1. The lowest BCUT2D eigenvalue weighted by Crippen LogP contribution is -2.15. The molecule has 3 N–H and O–H groups in total. The fourth-order valence-electron chi connectivity index (χ4n) is 1.75. The Morgan fingerprint density at radius 3 is 2.90 bits per heavy atom. The first-order valence-electron chi connectivity index (χ1n) is 6.60. The van der Waals surface area contributed by atoms with E-state index in [1.807, 2.05) is 11.4 Å². The van der Waals surface area contributed by atoms with E-state index >= 15 is 0 Å². The summed E-state index contributed by atoms with van der Waals surface area (Å²) in [5, 5.41) is 4.66. The van der Waals surface area contributed by atoms with Gasteiger partial charge in [0, 0.05) is 11.3 Å². The maximum atomic E-state index is 12.9. The summed E-state index contributed by atoms with van der Waals surface area (Å²) in [6.07, 6.45) is 1.09. The molecule has 1 aromatic carbocycles. The van der Waals surface area contributed by atoms with Gasteiger partial charge in [-0.15, -0.1) is 11.3 Å². The molecule has 0 radical (unpaired) electrons. The molecule has 0 saturated carbocycles. The molecule has 2 rings (SSSR count). The van der Waals surface area contributed by atoms with Crippen molar-refractivity contribution < 1.29 is 13.9 Å². The summed E-state index contributed by atoms with van der Waals surface area (Å²) in [6.45, 7) is 0.935. The van der Waals surface area contributed by atoms with Crippen LogP contribution in [0.3, 0.4) is 0 Å². The molecule has 0 bridgehead atoms. The van der Waals surface area contributed by atoms with Crippen molar-refractivity contribution in [2.24, 2.45) is 0 Å². The lowest BCUT2D eigenvalue weighted by Gasteiger charge is -2.08. The Kier molecular flexibility index (Phi) is 5.71. The molecular weight excluding hydrogens is 291 g/mol. The Balaban J connectivity index is 1.65. The minimum Gasteiger partial charge on any atom is -0.397 e. The molecule has 0 unspecified atom stereocenters. The van der Waals surface area contributed by atoms with E-state index in [1.165, 1.54) is 23.1 Å². The summed E-state index contributed by atoms with van der Waals surface area (Å²) in [4.78, 5) is 13.0. The summed E-state index contributed by atoms with van der Waals surface area (Å²) < 4.78 is 18.3. The number of anilines is 2. The van der Waals surface area contributed by atoms with Gasteiger partial charge in [-0.2, -0.15) is 0 Å². The van der Waals surface area contributed by atoms with E-state index in [9.17, 15) is 9.18 Å². The van der Waals surface area contributed by atoms with E-state index in [0.717, 1.165) is 6.42 Å². The number of carbonyl (C=O) groups excluding carboxylic acids is 1. The molecule has 112 valence electrons. The van der Waals surface area contributed by atoms with Gasteiger partial charge in [-0.25, -0.2) is 4.39 Å². The zero-order valence-electron chi connectivity index (χ0n) is 11.5. The van der Waals surface area contributed by atoms with Crippen LogP contribution in [0, 0.1) is 5.82 Å². The summed E-state index contributed by atoms with van der Waals surface area (Å²) in [5.74, 6) is -0.633. The lowest BCUT2D eigenvalue weighted by atomic mass is 10.2. The number of carbonyl (C=O) groups is 1. The van der Waals surface area contributed by atoms with Crippen LogP contribution in [-0.4, -0.2) is 19.1 Å². The van der Waals surface area contributed by atoms with Gasteiger partial charge >= 0.3 is 0 Å². The van der Waals surface area contributed by atoms with Crippen LogP contribution in [0.15, 0.2) is 35.7 Å². The monoisotopic (exact) mass is 308 g/mol. The highest BCUT2D eigenvalue weighted by molar-refractivity contribution is 7.09. The van der Waals surface area contributed by atoms with Gasteiger partial charge in [-0.1, -0.05) is 6.07 Å². The number of thiophene rings is 1. The third-order valence-corrected chi connectivity index (χ3v) is 3.77. The summed E-state index contributed by atoms with van der Waals surface area (Å²) in [5.41, 5.74) is 6.24. The normalized spacial score (nSPS) is 10.5. The van der Waals surface area contributed by atoms with Crippen LogP contribution in [0.4, 0.5) is 15.8 Å². The third kappa shape index (κ3) is 5.17. The van der Waals surface area contributed by atoms with Crippen LogP contribution in [-0.2, 0) is 16.0 Å². The molecule has 0 atom stereocenters. The minimum absolute atomic E-state index is 0.204. The molecule has 21 heavy (non-hydrogen) atoms. The number of ether oxygens (including phenoxy) is 1. The predicted molar refractivity (Wildman–Crippen MR) is 82.9 cm³/mol. The summed E-state index contributed by atoms with van der Waals surface area (Å²) in [6, 6.07) is 7.93. The lowest BCUT2D eigenvalue weighted by molar-refractivity contribution is -0.117. The molecule has 2 aromatic rings. The Hall–Kier alpha value is -1.92. The quantitative estimate of drug-likeness (QED) is 0.610. The van der Waals surface area contributed by atoms with E-state index in [4.69, 9.17) is 10.5 Å². The first-order valence-corrected chi connectivity index (χ1v) is 7.48. The van der Waals surface area contributed by atoms with Crippen molar-refractivity contribution in [3.63, 3.8) is 0 Å². The molecule has 0 aliphatic heterocycles. The molecule has 1 heterocycles.